The van der Waals surface area contributed by atoms with Gasteiger partial charge in [0.25, 0.3) is 0 Å². The minimum atomic E-state index is -0.111. The first-order valence-electron chi connectivity index (χ1n) is 7.30. The van der Waals surface area contributed by atoms with Crippen LogP contribution in [-0.2, 0) is 4.79 Å². The van der Waals surface area contributed by atoms with Crippen molar-refractivity contribution in [2.45, 2.75) is 32.5 Å². The van der Waals surface area contributed by atoms with Gasteiger partial charge in [-0.15, -0.1) is 0 Å². The van der Waals surface area contributed by atoms with Crippen molar-refractivity contribution in [2.24, 2.45) is 11.8 Å². The van der Waals surface area contributed by atoms with Crippen molar-refractivity contribution in [1.29, 1.82) is 0 Å². The van der Waals surface area contributed by atoms with Gasteiger partial charge in [-0.1, -0.05) is 19.1 Å². The SMILES string of the molecule is COc1cccc(C2NC(C)C(=O)N2CC2CC2C)c1. The number of carbonyl (C=O) groups excluding carboxylic acids is 1. The zero-order chi connectivity index (χ0) is 14.3. The van der Waals surface area contributed by atoms with Crippen molar-refractivity contribution in [3.63, 3.8) is 0 Å². The number of hydrogen-bond donors (Lipinski definition) is 1. The molecule has 1 N–H and O–H groups in total. The van der Waals surface area contributed by atoms with Crippen LogP contribution in [0.4, 0.5) is 0 Å². The van der Waals surface area contributed by atoms with Crippen LogP contribution in [0.2, 0.25) is 0 Å². The standard InChI is InChI=1S/C16H22N2O2/c1-10-7-13(10)9-18-15(17-11(2)16(18)19)12-5-4-6-14(8-12)20-3/h4-6,8,10-11,13,15,17H,7,9H2,1-3H3. The van der Waals surface area contributed by atoms with Crippen LogP contribution in [0.25, 0.3) is 0 Å². The quantitative estimate of drug-likeness (QED) is 0.915. The molecular weight excluding hydrogens is 252 g/mol. The molecule has 4 heteroatoms. The third kappa shape index (κ3) is 2.40. The molecule has 0 aromatic heterocycles. The molecule has 4 nitrogen and oxygen atoms in total. The summed E-state index contributed by atoms with van der Waals surface area (Å²) in [6.07, 6.45) is 1.21. The molecule has 2 aliphatic rings. The fourth-order valence-electron chi connectivity index (χ4n) is 2.96. The summed E-state index contributed by atoms with van der Waals surface area (Å²) < 4.78 is 5.28. The number of hydrogen-bond acceptors (Lipinski definition) is 3. The average Bonchev–Trinajstić information content (AvgIpc) is 3.09. The first-order valence-corrected chi connectivity index (χ1v) is 7.30. The van der Waals surface area contributed by atoms with Gasteiger partial charge in [0.05, 0.1) is 13.2 Å². The van der Waals surface area contributed by atoms with E-state index in [0.717, 1.165) is 23.8 Å². The largest absolute Gasteiger partial charge is 0.497 e. The van der Waals surface area contributed by atoms with E-state index in [0.29, 0.717) is 5.92 Å². The van der Waals surface area contributed by atoms with E-state index in [1.165, 1.54) is 6.42 Å². The fourth-order valence-corrected chi connectivity index (χ4v) is 2.96. The van der Waals surface area contributed by atoms with E-state index in [4.69, 9.17) is 4.74 Å². The average molecular weight is 274 g/mol. The number of rotatable bonds is 4. The summed E-state index contributed by atoms with van der Waals surface area (Å²) in [5.41, 5.74) is 1.09. The van der Waals surface area contributed by atoms with E-state index in [2.05, 4.69) is 18.3 Å². The van der Waals surface area contributed by atoms with Crippen LogP contribution in [0.15, 0.2) is 24.3 Å². The molecule has 108 valence electrons. The molecule has 1 saturated heterocycles. The van der Waals surface area contributed by atoms with Crippen LogP contribution >= 0.6 is 0 Å². The van der Waals surface area contributed by atoms with Crippen LogP contribution in [0.5, 0.6) is 5.75 Å². The molecule has 1 aromatic rings. The number of ether oxygens (including phenoxy) is 1. The van der Waals surface area contributed by atoms with Gasteiger partial charge < -0.3 is 9.64 Å². The fraction of sp³-hybridized carbons (Fsp3) is 0.562. The minimum Gasteiger partial charge on any atom is -0.497 e. The zero-order valence-electron chi connectivity index (χ0n) is 12.3. The number of carbonyl (C=O) groups is 1. The van der Waals surface area contributed by atoms with Crippen LogP contribution in [-0.4, -0.2) is 30.5 Å². The summed E-state index contributed by atoms with van der Waals surface area (Å²) in [7, 11) is 1.67. The van der Waals surface area contributed by atoms with Crippen molar-refractivity contribution in [1.82, 2.24) is 10.2 Å². The van der Waals surface area contributed by atoms with Crippen molar-refractivity contribution >= 4 is 5.91 Å². The summed E-state index contributed by atoms with van der Waals surface area (Å²) in [5.74, 6) is 2.46. The monoisotopic (exact) mass is 274 g/mol. The van der Waals surface area contributed by atoms with Crippen molar-refractivity contribution in [3.8, 4) is 5.75 Å². The second kappa shape index (κ2) is 5.09. The second-order valence-corrected chi connectivity index (χ2v) is 6.03. The molecule has 1 amide bonds. The van der Waals surface area contributed by atoms with Gasteiger partial charge in [0.2, 0.25) is 5.91 Å². The van der Waals surface area contributed by atoms with Crippen LogP contribution in [0.3, 0.4) is 0 Å². The predicted octanol–water partition coefficient (Wildman–Crippen LogP) is 2.17. The van der Waals surface area contributed by atoms with E-state index in [1.54, 1.807) is 7.11 Å². The third-order valence-corrected chi connectivity index (χ3v) is 4.49. The molecular formula is C16H22N2O2. The number of nitrogens with one attached hydrogen (secondary N) is 1. The lowest BCUT2D eigenvalue weighted by atomic mass is 10.1. The Labute approximate surface area is 120 Å². The lowest BCUT2D eigenvalue weighted by Crippen LogP contribution is -2.32. The lowest BCUT2D eigenvalue weighted by Gasteiger charge is -2.25. The molecule has 0 spiro atoms. The molecule has 1 saturated carbocycles. The molecule has 0 bridgehead atoms. The smallest absolute Gasteiger partial charge is 0.241 e. The Balaban J connectivity index is 1.83. The number of nitrogens with zero attached hydrogens (tertiary/aromatic N) is 1. The number of benzene rings is 1. The second-order valence-electron chi connectivity index (χ2n) is 6.03. The molecule has 20 heavy (non-hydrogen) atoms. The Morgan fingerprint density at radius 2 is 2.15 bits per heavy atom. The van der Waals surface area contributed by atoms with Crippen LogP contribution in [0, 0.1) is 11.8 Å². The van der Waals surface area contributed by atoms with Crippen molar-refractivity contribution in [2.75, 3.05) is 13.7 Å². The maximum Gasteiger partial charge on any atom is 0.241 e. The maximum absolute atomic E-state index is 12.3. The molecule has 1 aromatic carbocycles. The Bertz CT molecular complexity index is 517. The Kier molecular flexibility index (Phi) is 3.42. The zero-order valence-corrected chi connectivity index (χ0v) is 12.3. The number of amides is 1. The molecule has 4 atom stereocenters. The molecule has 3 rings (SSSR count). The first kappa shape index (κ1) is 13.4. The van der Waals surface area contributed by atoms with E-state index >= 15 is 0 Å². The molecule has 1 aliphatic carbocycles. The molecule has 0 radical (unpaired) electrons. The van der Waals surface area contributed by atoms with Gasteiger partial charge in [0.1, 0.15) is 11.9 Å². The van der Waals surface area contributed by atoms with Gasteiger partial charge in [0.15, 0.2) is 0 Å². The summed E-state index contributed by atoms with van der Waals surface area (Å²) >= 11 is 0. The summed E-state index contributed by atoms with van der Waals surface area (Å²) in [6, 6.07) is 7.85. The highest BCUT2D eigenvalue weighted by Gasteiger charge is 2.42. The van der Waals surface area contributed by atoms with E-state index in [1.807, 2.05) is 30.0 Å². The van der Waals surface area contributed by atoms with E-state index in [9.17, 15) is 4.79 Å². The van der Waals surface area contributed by atoms with Crippen LogP contribution in [0.1, 0.15) is 32.0 Å². The highest BCUT2D eigenvalue weighted by Crippen LogP contribution is 2.40. The van der Waals surface area contributed by atoms with Gasteiger partial charge in [-0.05, 0) is 42.9 Å². The normalized spacial score (nSPS) is 32.5. The highest BCUT2D eigenvalue weighted by atomic mass is 16.5. The first-order chi connectivity index (χ1) is 9.60. The Morgan fingerprint density at radius 3 is 2.80 bits per heavy atom. The maximum atomic E-state index is 12.3. The highest BCUT2D eigenvalue weighted by molar-refractivity contribution is 5.84. The predicted molar refractivity (Wildman–Crippen MR) is 77.3 cm³/mol. The van der Waals surface area contributed by atoms with Gasteiger partial charge in [-0.2, -0.15) is 0 Å². The molecule has 1 aliphatic heterocycles. The lowest BCUT2D eigenvalue weighted by molar-refractivity contribution is -0.130. The Hall–Kier alpha value is -1.55. The molecule has 1 heterocycles. The minimum absolute atomic E-state index is 0.0274. The molecule has 4 unspecified atom stereocenters. The van der Waals surface area contributed by atoms with Crippen molar-refractivity contribution < 1.29 is 9.53 Å². The van der Waals surface area contributed by atoms with Gasteiger partial charge in [-0.25, -0.2) is 0 Å². The summed E-state index contributed by atoms with van der Waals surface area (Å²) in [4.78, 5) is 14.3. The van der Waals surface area contributed by atoms with E-state index in [-0.39, 0.29) is 18.1 Å². The van der Waals surface area contributed by atoms with Gasteiger partial charge in [-0.3, -0.25) is 10.1 Å². The number of methoxy groups -OCH3 is 1. The van der Waals surface area contributed by atoms with Crippen molar-refractivity contribution in [3.05, 3.63) is 29.8 Å². The topological polar surface area (TPSA) is 41.6 Å². The van der Waals surface area contributed by atoms with Gasteiger partial charge in [0, 0.05) is 6.54 Å². The summed E-state index contributed by atoms with van der Waals surface area (Å²) in [5, 5.41) is 3.39. The van der Waals surface area contributed by atoms with Crippen LogP contribution < -0.4 is 10.1 Å². The van der Waals surface area contributed by atoms with Gasteiger partial charge >= 0.3 is 0 Å². The summed E-state index contributed by atoms with van der Waals surface area (Å²) in [6.45, 7) is 5.05. The third-order valence-electron chi connectivity index (χ3n) is 4.49. The van der Waals surface area contributed by atoms with E-state index < -0.39 is 0 Å². The Morgan fingerprint density at radius 1 is 1.40 bits per heavy atom. The molecule has 2 fully saturated rings.